The highest BCUT2D eigenvalue weighted by Gasteiger charge is 2.16. The summed E-state index contributed by atoms with van der Waals surface area (Å²) in [6, 6.07) is 0. The second-order valence-electron chi connectivity index (χ2n) is 6.54. The van der Waals surface area contributed by atoms with E-state index in [-0.39, 0.29) is 0 Å². The summed E-state index contributed by atoms with van der Waals surface area (Å²) in [6.07, 6.45) is 6.30. The monoisotopic (exact) mass is 270 g/mol. The Morgan fingerprint density at radius 1 is 1.21 bits per heavy atom. The molecule has 0 bridgehead atoms. The number of nitrogens with two attached hydrogens (primary N) is 1. The highest BCUT2D eigenvalue weighted by Crippen LogP contribution is 2.21. The molecule has 114 valence electrons. The summed E-state index contributed by atoms with van der Waals surface area (Å²) in [6.45, 7) is 9.88. The van der Waals surface area contributed by atoms with E-state index >= 15 is 0 Å². The molecule has 0 spiro atoms. The van der Waals surface area contributed by atoms with Gasteiger partial charge < -0.3 is 15.4 Å². The van der Waals surface area contributed by atoms with Crippen LogP contribution in [0.15, 0.2) is 0 Å². The van der Waals surface area contributed by atoms with Gasteiger partial charge in [-0.25, -0.2) is 0 Å². The molecule has 1 unspecified atom stereocenters. The normalized spacial score (nSPS) is 19.3. The van der Waals surface area contributed by atoms with Gasteiger partial charge in [0.05, 0.1) is 0 Å². The van der Waals surface area contributed by atoms with Gasteiger partial charge in [-0.05, 0) is 70.0 Å². The number of nitrogens with zero attached hydrogens (tertiary/aromatic N) is 1. The zero-order valence-electron chi connectivity index (χ0n) is 13.2. The maximum absolute atomic E-state index is 5.70. The zero-order chi connectivity index (χ0) is 14.1. The topological polar surface area (TPSA) is 38.5 Å². The van der Waals surface area contributed by atoms with Crippen molar-refractivity contribution < 1.29 is 4.74 Å². The first kappa shape index (κ1) is 16.9. The number of ether oxygens (including phenoxy) is 1. The van der Waals surface area contributed by atoms with Gasteiger partial charge in [-0.3, -0.25) is 0 Å². The lowest BCUT2D eigenvalue weighted by Crippen LogP contribution is -2.30. The Kier molecular flexibility index (Phi) is 8.67. The van der Waals surface area contributed by atoms with E-state index in [1.165, 1.54) is 45.2 Å². The molecule has 0 radical (unpaired) electrons. The van der Waals surface area contributed by atoms with Crippen LogP contribution in [0.1, 0.15) is 46.0 Å². The van der Waals surface area contributed by atoms with Gasteiger partial charge in [0.1, 0.15) is 0 Å². The van der Waals surface area contributed by atoms with Crippen LogP contribution in [-0.4, -0.2) is 44.8 Å². The summed E-state index contributed by atoms with van der Waals surface area (Å²) in [5.74, 6) is 2.43. The molecule has 0 aromatic rings. The van der Waals surface area contributed by atoms with Crippen molar-refractivity contribution in [1.82, 2.24) is 4.90 Å². The predicted octanol–water partition coefficient (Wildman–Crippen LogP) is 2.75. The molecule has 1 aliphatic heterocycles. The highest BCUT2D eigenvalue weighted by atomic mass is 16.5. The van der Waals surface area contributed by atoms with E-state index in [1.54, 1.807) is 0 Å². The molecule has 0 aliphatic carbocycles. The fraction of sp³-hybridized carbons (Fsp3) is 1.00. The molecule has 0 aromatic carbocycles. The van der Waals surface area contributed by atoms with Crippen LogP contribution in [0.2, 0.25) is 0 Å². The largest absolute Gasteiger partial charge is 0.381 e. The van der Waals surface area contributed by atoms with E-state index in [2.05, 4.69) is 25.8 Å². The lowest BCUT2D eigenvalue weighted by Gasteiger charge is -2.28. The summed E-state index contributed by atoms with van der Waals surface area (Å²) < 4.78 is 5.42. The molecular weight excluding hydrogens is 236 g/mol. The first-order chi connectivity index (χ1) is 9.13. The second-order valence-corrected chi connectivity index (χ2v) is 6.54. The standard InChI is InChI=1S/C16H34N2O/c1-14(2)16(6-9-17)5-4-10-18(3)13-15-7-11-19-12-8-15/h14-16H,4-13,17H2,1-3H3. The first-order valence-corrected chi connectivity index (χ1v) is 8.09. The van der Waals surface area contributed by atoms with E-state index in [4.69, 9.17) is 10.5 Å². The van der Waals surface area contributed by atoms with E-state index in [9.17, 15) is 0 Å². The minimum absolute atomic E-state index is 0.768. The summed E-state index contributed by atoms with van der Waals surface area (Å²) in [5.41, 5.74) is 5.70. The van der Waals surface area contributed by atoms with Crippen LogP contribution in [-0.2, 0) is 4.74 Å². The molecule has 0 aromatic heterocycles. The van der Waals surface area contributed by atoms with Crippen LogP contribution in [0.25, 0.3) is 0 Å². The van der Waals surface area contributed by atoms with Gasteiger partial charge in [-0.2, -0.15) is 0 Å². The molecule has 0 amide bonds. The molecule has 1 heterocycles. The van der Waals surface area contributed by atoms with Gasteiger partial charge in [-0.15, -0.1) is 0 Å². The minimum atomic E-state index is 0.768. The van der Waals surface area contributed by atoms with E-state index < -0.39 is 0 Å². The Morgan fingerprint density at radius 2 is 1.89 bits per heavy atom. The van der Waals surface area contributed by atoms with Crippen molar-refractivity contribution >= 4 is 0 Å². The maximum Gasteiger partial charge on any atom is 0.0469 e. The summed E-state index contributed by atoms with van der Waals surface area (Å²) in [5, 5.41) is 0. The van der Waals surface area contributed by atoms with Crippen molar-refractivity contribution in [3.63, 3.8) is 0 Å². The van der Waals surface area contributed by atoms with Crippen molar-refractivity contribution in [2.75, 3.05) is 39.9 Å². The fourth-order valence-electron chi connectivity index (χ4n) is 3.11. The van der Waals surface area contributed by atoms with Crippen molar-refractivity contribution in [3.8, 4) is 0 Å². The van der Waals surface area contributed by atoms with Crippen LogP contribution < -0.4 is 5.73 Å². The van der Waals surface area contributed by atoms with Gasteiger partial charge in [-0.1, -0.05) is 13.8 Å². The Bertz CT molecular complexity index is 215. The van der Waals surface area contributed by atoms with E-state index in [1.807, 2.05) is 0 Å². The van der Waals surface area contributed by atoms with Gasteiger partial charge in [0.2, 0.25) is 0 Å². The highest BCUT2D eigenvalue weighted by molar-refractivity contribution is 4.69. The molecule has 19 heavy (non-hydrogen) atoms. The number of hydrogen-bond donors (Lipinski definition) is 1. The third-order valence-electron chi connectivity index (χ3n) is 4.51. The summed E-state index contributed by atoms with van der Waals surface area (Å²) >= 11 is 0. The molecular formula is C16H34N2O. The van der Waals surface area contributed by atoms with Crippen LogP contribution in [0.5, 0.6) is 0 Å². The molecule has 0 saturated carbocycles. The predicted molar refractivity (Wildman–Crippen MR) is 82.3 cm³/mol. The second kappa shape index (κ2) is 9.73. The quantitative estimate of drug-likeness (QED) is 0.700. The lowest BCUT2D eigenvalue weighted by atomic mass is 9.88. The maximum atomic E-state index is 5.70. The van der Waals surface area contributed by atoms with Crippen LogP contribution in [0.3, 0.4) is 0 Å². The van der Waals surface area contributed by atoms with Crippen LogP contribution in [0.4, 0.5) is 0 Å². The lowest BCUT2D eigenvalue weighted by molar-refractivity contribution is 0.0554. The smallest absolute Gasteiger partial charge is 0.0469 e. The molecule has 1 atom stereocenters. The summed E-state index contributed by atoms with van der Waals surface area (Å²) in [4.78, 5) is 2.51. The Morgan fingerprint density at radius 3 is 2.47 bits per heavy atom. The number of rotatable bonds is 9. The van der Waals surface area contributed by atoms with Gasteiger partial charge in [0.25, 0.3) is 0 Å². The molecule has 1 saturated heterocycles. The van der Waals surface area contributed by atoms with Gasteiger partial charge in [0.15, 0.2) is 0 Å². The van der Waals surface area contributed by atoms with Crippen molar-refractivity contribution in [2.45, 2.75) is 46.0 Å². The Labute approximate surface area is 119 Å². The molecule has 1 rings (SSSR count). The molecule has 1 fully saturated rings. The third kappa shape index (κ3) is 7.28. The van der Waals surface area contributed by atoms with Crippen molar-refractivity contribution in [2.24, 2.45) is 23.5 Å². The van der Waals surface area contributed by atoms with E-state index in [0.717, 1.165) is 37.5 Å². The first-order valence-electron chi connectivity index (χ1n) is 8.09. The molecule has 1 aliphatic rings. The SMILES string of the molecule is CC(C)C(CCN)CCCN(C)CC1CCOCC1. The minimum Gasteiger partial charge on any atom is -0.381 e. The Hall–Kier alpha value is -0.120. The molecule has 3 nitrogen and oxygen atoms in total. The summed E-state index contributed by atoms with van der Waals surface area (Å²) in [7, 11) is 2.27. The molecule has 2 N–H and O–H groups in total. The Balaban J connectivity index is 2.12. The van der Waals surface area contributed by atoms with Crippen LogP contribution >= 0.6 is 0 Å². The van der Waals surface area contributed by atoms with Gasteiger partial charge >= 0.3 is 0 Å². The number of hydrogen-bond acceptors (Lipinski definition) is 3. The van der Waals surface area contributed by atoms with Crippen molar-refractivity contribution in [1.29, 1.82) is 0 Å². The van der Waals surface area contributed by atoms with Crippen molar-refractivity contribution in [3.05, 3.63) is 0 Å². The zero-order valence-corrected chi connectivity index (χ0v) is 13.2. The molecule has 3 heteroatoms. The van der Waals surface area contributed by atoms with Gasteiger partial charge in [0, 0.05) is 19.8 Å². The fourth-order valence-corrected chi connectivity index (χ4v) is 3.11. The van der Waals surface area contributed by atoms with E-state index in [0.29, 0.717) is 0 Å². The average molecular weight is 270 g/mol. The third-order valence-corrected chi connectivity index (χ3v) is 4.51. The average Bonchev–Trinajstić information content (AvgIpc) is 2.38. The van der Waals surface area contributed by atoms with Crippen LogP contribution in [0, 0.1) is 17.8 Å².